The van der Waals surface area contributed by atoms with Gasteiger partial charge in [0.1, 0.15) is 11.3 Å². The van der Waals surface area contributed by atoms with E-state index in [2.05, 4.69) is 72.3 Å². The summed E-state index contributed by atoms with van der Waals surface area (Å²) in [5, 5.41) is 4.24. The van der Waals surface area contributed by atoms with Gasteiger partial charge < -0.3 is 20.1 Å². The number of aromatic amines is 1. The zero-order chi connectivity index (χ0) is 24.5. The molecule has 6 rings (SSSR count). The van der Waals surface area contributed by atoms with Gasteiger partial charge in [-0.1, -0.05) is 17.7 Å². The van der Waals surface area contributed by atoms with Crippen LogP contribution in [-0.4, -0.2) is 82.1 Å². The van der Waals surface area contributed by atoms with E-state index in [0.29, 0.717) is 16.7 Å². The monoisotopic (exact) mass is 502 g/mol. The lowest BCUT2D eigenvalue weighted by atomic mass is 10.1. The molecule has 0 spiro atoms. The molecule has 0 radical (unpaired) electrons. The van der Waals surface area contributed by atoms with Gasteiger partial charge in [0.15, 0.2) is 5.65 Å². The fraction of sp³-hybridized carbons (Fsp3) is 0.370. The van der Waals surface area contributed by atoms with E-state index in [1.807, 2.05) is 18.5 Å². The van der Waals surface area contributed by atoms with E-state index in [0.717, 1.165) is 74.8 Å². The van der Waals surface area contributed by atoms with Crippen LogP contribution in [0.4, 0.5) is 11.4 Å². The first-order valence-electron chi connectivity index (χ1n) is 12.6. The van der Waals surface area contributed by atoms with Crippen LogP contribution in [0.5, 0.6) is 0 Å². The molecule has 2 aliphatic rings. The normalized spacial score (nSPS) is 19.3. The third-order valence-corrected chi connectivity index (χ3v) is 7.51. The summed E-state index contributed by atoms with van der Waals surface area (Å²) in [6.07, 6.45) is 6.57. The molecule has 186 valence electrons. The minimum absolute atomic E-state index is 0.369. The number of imidazole rings is 1. The number of likely N-dealkylation sites (tertiary alicyclic amines) is 1. The molecule has 3 aromatic heterocycles. The predicted molar refractivity (Wildman–Crippen MR) is 146 cm³/mol. The van der Waals surface area contributed by atoms with E-state index in [4.69, 9.17) is 16.6 Å². The molecule has 36 heavy (non-hydrogen) atoms. The Bertz CT molecular complexity index is 1320. The van der Waals surface area contributed by atoms with Crippen molar-refractivity contribution in [2.24, 2.45) is 0 Å². The molecule has 0 saturated carbocycles. The molecular weight excluding hydrogens is 472 g/mol. The van der Waals surface area contributed by atoms with Gasteiger partial charge >= 0.3 is 0 Å². The van der Waals surface area contributed by atoms with Crippen LogP contribution in [0.2, 0.25) is 5.02 Å². The summed E-state index contributed by atoms with van der Waals surface area (Å²) < 4.78 is 0. The van der Waals surface area contributed by atoms with Crippen molar-refractivity contribution in [3.8, 4) is 11.4 Å². The van der Waals surface area contributed by atoms with Crippen molar-refractivity contribution in [3.05, 3.63) is 65.6 Å². The maximum absolute atomic E-state index is 6.54. The van der Waals surface area contributed by atoms with E-state index in [-0.39, 0.29) is 0 Å². The van der Waals surface area contributed by atoms with Crippen molar-refractivity contribution in [2.75, 3.05) is 56.5 Å². The molecule has 4 aromatic rings. The molecule has 5 heterocycles. The molecule has 2 aliphatic heterocycles. The van der Waals surface area contributed by atoms with Gasteiger partial charge in [-0.25, -0.2) is 9.97 Å². The number of pyridine rings is 2. The number of nitrogens with zero attached hydrogens (tertiary/aromatic N) is 6. The Kier molecular flexibility index (Phi) is 6.48. The topological polar surface area (TPSA) is 76.2 Å². The average molecular weight is 503 g/mol. The quantitative estimate of drug-likeness (QED) is 0.411. The van der Waals surface area contributed by atoms with E-state index < -0.39 is 0 Å². The van der Waals surface area contributed by atoms with E-state index in [1.165, 1.54) is 11.3 Å². The van der Waals surface area contributed by atoms with E-state index >= 15 is 0 Å². The lowest BCUT2D eigenvalue weighted by Gasteiger charge is -2.36. The number of anilines is 2. The number of aromatic nitrogens is 4. The van der Waals surface area contributed by atoms with Gasteiger partial charge in [0.2, 0.25) is 0 Å². The molecule has 2 saturated heterocycles. The number of nitrogens with one attached hydrogen (secondary N) is 2. The highest BCUT2D eigenvalue weighted by Gasteiger charge is 2.22. The summed E-state index contributed by atoms with van der Waals surface area (Å²) >= 11 is 6.54. The second kappa shape index (κ2) is 10.0. The van der Waals surface area contributed by atoms with Gasteiger partial charge in [-0.15, -0.1) is 0 Å². The number of fused-ring (bicyclic) bond motifs is 1. The number of benzene rings is 1. The highest BCUT2D eigenvalue weighted by molar-refractivity contribution is 6.34. The molecule has 0 aliphatic carbocycles. The maximum Gasteiger partial charge on any atom is 0.180 e. The highest BCUT2D eigenvalue weighted by Crippen LogP contribution is 2.32. The molecule has 0 amide bonds. The largest absolute Gasteiger partial charge is 0.378 e. The van der Waals surface area contributed by atoms with Gasteiger partial charge in [-0.05, 0) is 55.9 Å². The number of likely N-dealkylation sites (N-methyl/N-ethyl adjacent to an activating group) is 1. The Morgan fingerprint density at radius 1 is 1.06 bits per heavy atom. The SMILES string of the molecule is CN1CC[C@H](Nc2c(Cl)cnc3nc(-c4ccc(N5CCN(Cc6cccnc6)CC5)cc4)[nH]c23)C1. The molecule has 0 unspecified atom stereocenters. The molecular formula is C27H31ClN8. The van der Waals surface area contributed by atoms with Crippen molar-refractivity contribution in [3.63, 3.8) is 0 Å². The summed E-state index contributed by atoms with van der Waals surface area (Å²) in [7, 11) is 2.14. The fourth-order valence-corrected chi connectivity index (χ4v) is 5.41. The standard InChI is InChI=1S/C27H31ClN8/c1-34-10-8-21(18-34)31-24-23(28)16-30-27-25(24)32-26(33-27)20-4-6-22(7-5-20)36-13-11-35(12-14-36)17-19-3-2-9-29-15-19/h2-7,9,15-16,21H,8,10-14,17-18H2,1H3,(H2,30,31,32,33)/t21-/m0/s1. The molecule has 2 fully saturated rings. The van der Waals surface area contributed by atoms with Gasteiger partial charge in [0.05, 0.1) is 16.9 Å². The van der Waals surface area contributed by atoms with Gasteiger partial charge in [-0.3, -0.25) is 9.88 Å². The van der Waals surface area contributed by atoms with Crippen LogP contribution < -0.4 is 10.2 Å². The highest BCUT2D eigenvalue weighted by atomic mass is 35.5. The summed E-state index contributed by atoms with van der Waals surface area (Å²) in [4.78, 5) is 24.2. The number of hydrogen-bond donors (Lipinski definition) is 2. The number of halogens is 1. The summed E-state index contributed by atoms with van der Waals surface area (Å²) in [5.41, 5.74) is 5.98. The lowest BCUT2D eigenvalue weighted by molar-refractivity contribution is 0.249. The number of rotatable bonds is 6. The van der Waals surface area contributed by atoms with Crippen LogP contribution >= 0.6 is 11.6 Å². The molecule has 0 bridgehead atoms. The number of H-pyrrole nitrogens is 1. The Morgan fingerprint density at radius 3 is 2.61 bits per heavy atom. The van der Waals surface area contributed by atoms with Crippen LogP contribution in [0.25, 0.3) is 22.6 Å². The van der Waals surface area contributed by atoms with Crippen LogP contribution in [0.3, 0.4) is 0 Å². The summed E-state index contributed by atoms with van der Waals surface area (Å²) in [6, 6.07) is 13.2. The minimum atomic E-state index is 0.369. The molecule has 1 aromatic carbocycles. The molecule has 2 N–H and O–H groups in total. The van der Waals surface area contributed by atoms with E-state index in [9.17, 15) is 0 Å². The number of hydrogen-bond acceptors (Lipinski definition) is 7. The van der Waals surface area contributed by atoms with Crippen LogP contribution in [0.15, 0.2) is 55.0 Å². The Balaban J connectivity index is 1.14. The number of piperazine rings is 1. The molecule has 9 heteroatoms. The molecule has 1 atom stereocenters. The lowest BCUT2D eigenvalue weighted by Crippen LogP contribution is -2.45. The van der Waals surface area contributed by atoms with Crippen LogP contribution in [0.1, 0.15) is 12.0 Å². The van der Waals surface area contributed by atoms with Crippen molar-refractivity contribution < 1.29 is 0 Å². The fourth-order valence-electron chi connectivity index (χ4n) is 5.21. The average Bonchev–Trinajstić information content (AvgIpc) is 3.53. The summed E-state index contributed by atoms with van der Waals surface area (Å²) in [5.74, 6) is 0.805. The predicted octanol–water partition coefficient (Wildman–Crippen LogP) is 4.11. The van der Waals surface area contributed by atoms with Crippen LogP contribution in [0, 0.1) is 0 Å². The Hall–Kier alpha value is -3.20. The van der Waals surface area contributed by atoms with Crippen molar-refractivity contribution in [1.82, 2.24) is 29.7 Å². The zero-order valence-corrected chi connectivity index (χ0v) is 21.2. The van der Waals surface area contributed by atoms with E-state index in [1.54, 1.807) is 6.20 Å². The van der Waals surface area contributed by atoms with Crippen LogP contribution in [-0.2, 0) is 6.54 Å². The zero-order valence-electron chi connectivity index (χ0n) is 20.5. The van der Waals surface area contributed by atoms with Gasteiger partial charge in [0.25, 0.3) is 0 Å². The first-order chi connectivity index (χ1) is 17.6. The third kappa shape index (κ3) is 4.89. The molecule has 8 nitrogen and oxygen atoms in total. The second-order valence-electron chi connectivity index (χ2n) is 9.83. The van der Waals surface area contributed by atoms with Crippen molar-refractivity contribution in [1.29, 1.82) is 0 Å². The summed E-state index contributed by atoms with van der Waals surface area (Å²) in [6.45, 7) is 7.15. The van der Waals surface area contributed by atoms with Gasteiger partial charge in [-0.2, -0.15) is 0 Å². The first kappa shape index (κ1) is 23.2. The minimum Gasteiger partial charge on any atom is -0.378 e. The Morgan fingerprint density at radius 2 is 1.89 bits per heavy atom. The second-order valence-corrected chi connectivity index (χ2v) is 10.2. The van der Waals surface area contributed by atoms with Crippen molar-refractivity contribution in [2.45, 2.75) is 19.0 Å². The first-order valence-corrected chi connectivity index (χ1v) is 13.0. The van der Waals surface area contributed by atoms with Gasteiger partial charge in [0, 0.05) is 69.0 Å². The smallest absolute Gasteiger partial charge is 0.180 e. The maximum atomic E-state index is 6.54. The van der Waals surface area contributed by atoms with Crippen molar-refractivity contribution >= 4 is 34.1 Å². The Labute approximate surface area is 216 Å². The third-order valence-electron chi connectivity index (χ3n) is 7.22.